The molecule has 0 aliphatic heterocycles. The zero-order chi connectivity index (χ0) is 14.3. The third-order valence-corrected chi connectivity index (χ3v) is 3.74. The van der Waals surface area contributed by atoms with E-state index in [-0.39, 0.29) is 0 Å². The van der Waals surface area contributed by atoms with Crippen molar-refractivity contribution in [1.82, 2.24) is 14.5 Å². The molecule has 3 aromatic rings. The van der Waals surface area contributed by atoms with Crippen molar-refractivity contribution in [3.05, 3.63) is 47.5 Å². The van der Waals surface area contributed by atoms with Crippen LogP contribution in [0.1, 0.15) is 25.6 Å². The van der Waals surface area contributed by atoms with Gasteiger partial charge in [0.1, 0.15) is 6.33 Å². The minimum Gasteiger partial charge on any atom is -0.338 e. The molecule has 20 heavy (non-hydrogen) atoms. The summed E-state index contributed by atoms with van der Waals surface area (Å²) in [6, 6.07) is 8.51. The number of fused-ring (bicyclic) bond motifs is 1. The Morgan fingerprint density at radius 1 is 1.20 bits per heavy atom. The highest BCUT2D eigenvalue weighted by molar-refractivity contribution is 6.31. The van der Waals surface area contributed by atoms with Crippen LogP contribution >= 0.6 is 11.6 Å². The average molecular weight is 286 g/mol. The van der Waals surface area contributed by atoms with Gasteiger partial charge in [-0.1, -0.05) is 11.6 Å². The van der Waals surface area contributed by atoms with Crippen molar-refractivity contribution in [1.29, 1.82) is 0 Å². The molecule has 0 N–H and O–H groups in total. The van der Waals surface area contributed by atoms with Gasteiger partial charge in [0.15, 0.2) is 0 Å². The second-order valence-corrected chi connectivity index (χ2v) is 5.65. The van der Waals surface area contributed by atoms with Gasteiger partial charge in [-0.3, -0.25) is 0 Å². The molecular formula is C16H16ClN3. The summed E-state index contributed by atoms with van der Waals surface area (Å²) < 4.78 is 2.30. The molecule has 0 fully saturated rings. The van der Waals surface area contributed by atoms with E-state index < -0.39 is 0 Å². The van der Waals surface area contributed by atoms with E-state index in [2.05, 4.69) is 40.5 Å². The molecule has 2 aromatic heterocycles. The quantitative estimate of drug-likeness (QED) is 0.687. The third-order valence-electron chi connectivity index (χ3n) is 3.50. The van der Waals surface area contributed by atoms with Crippen molar-refractivity contribution in [2.45, 2.75) is 26.8 Å². The number of halogens is 1. The molecule has 0 atom stereocenters. The summed E-state index contributed by atoms with van der Waals surface area (Å²) in [6.45, 7) is 6.36. The molecule has 0 unspecified atom stereocenters. The fourth-order valence-electron chi connectivity index (χ4n) is 2.61. The minimum absolute atomic E-state index is 0.350. The van der Waals surface area contributed by atoms with Gasteiger partial charge >= 0.3 is 0 Å². The Kier molecular flexibility index (Phi) is 3.22. The summed E-state index contributed by atoms with van der Waals surface area (Å²) in [5.74, 6) is 0. The first kappa shape index (κ1) is 13.1. The predicted octanol–water partition coefficient (Wildman–Crippen LogP) is 4.64. The van der Waals surface area contributed by atoms with Crippen molar-refractivity contribution in [3.63, 3.8) is 0 Å². The van der Waals surface area contributed by atoms with Crippen LogP contribution in [0.2, 0.25) is 5.02 Å². The highest BCUT2D eigenvalue weighted by atomic mass is 35.5. The van der Waals surface area contributed by atoms with Crippen molar-refractivity contribution in [3.8, 4) is 11.3 Å². The van der Waals surface area contributed by atoms with Crippen LogP contribution in [0.4, 0.5) is 0 Å². The van der Waals surface area contributed by atoms with Crippen LogP contribution in [0.15, 0.2) is 36.8 Å². The highest BCUT2D eigenvalue weighted by Crippen LogP contribution is 2.33. The second kappa shape index (κ2) is 4.91. The molecule has 0 amide bonds. The molecule has 0 radical (unpaired) electrons. The number of rotatable bonds is 2. The largest absolute Gasteiger partial charge is 0.338 e. The van der Waals surface area contributed by atoms with Gasteiger partial charge in [-0.25, -0.2) is 9.97 Å². The van der Waals surface area contributed by atoms with Crippen LogP contribution in [0, 0.1) is 6.92 Å². The number of benzene rings is 1. The summed E-state index contributed by atoms with van der Waals surface area (Å²) in [5.41, 5.74) is 4.36. The van der Waals surface area contributed by atoms with Crippen molar-refractivity contribution >= 4 is 22.5 Å². The fraction of sp³-hybridized carbons (Fsp3) is 0.250. The SMILES string of the molecule is Cc1ncncc1-c1cc2cc(Cl)ccc2n1C(C)C. The maximum atomic E-state index is 6.10. The molecule has 3 nitrogen and oxygen atoms in total. The van der Waals surface area contributed by atoms with E-state index in [1.54, 1.807) is 6.33 Å². The van der Waals surface area contributed by atoms with E-state index in [1.807, 2.05) is 25.3 Å². The molecule has 0 saturated carbocycles. The number of aryl methyl sites for hydroxylation is 1. The molecular weight excluding hydrogens is 270 g/mol. The smallest absolute Gasteiger partial charge is 0.115 e. The molecule has 0 aliphatic rings. The Labute approximate surface area is 123 Å². The Bertz CT molecular complexity index is 774. The first-order valence-electron chi connectivity index (χ1n) is 6.65. The van der Waals surface area contributed by atoms with Gasteiger partial charge in [-0.05, 0) is 45.0 Å². The average Bonchev–Trinajstić information content (AvgIpc) is 2.77. The monoisotopic (exact) mass is 285 g/mol. The van der Waals surface area contributed by atoms with Crippen molar-refractivity contribution in [2.24, 2.45) is 0 Å². The second-order valence-electron chi connectivity index (χ2n) is 5.22. The number of hydrogen-bond acceptors (Lipinski definition) is 2. The first-order chi connectivity index (χ1) is 9.58. The lowest BCUT2D eigenvalue weighted by atomic mass is 10.1. The normalized spacial score (nSPS) is 11.4. The van der Waals surface area contributed by atoms with Gasteiger partial charge in [-0.2, -0.15) is 0 Å². The van der Waals surface area contributed by atoms with E-state index in [0.29, 0.717) is 6.04 Å². The predicted molar refractivity (Wildman–Crippen MR) is 83.1 cm³/mol. The van der Waals surface area contributed by atoms with Crippen LogP contribution < -0.4 is 0 Å². The van der Waals surface area contributed by atoms with Gasteiger partial charge < -0.3 is 4.57 Å². The molecule has 1 aromatic carbocycles. The molecule has 0 bridgehead atoms. The lowest BCUT2D eigenvalue weighted by Gasteiger charge is -2.15. The van der Waals surface area contributed by atoms with E-state index in [1.165, 1.54) is 5.52 Å². The Balaban J connectivity index is 2.35. The zero-order valence-corrected chi connectivity index (χ0v) is 12.5. The first-order valence-corrected chi connectivity index (χ1v) is 7.03. The van der Waals surface area contributed by atoms with Gasteiger partial charge in [0, 0.05) is 39.4 Å². The molecule has 2 heterocycles. The third kappa shape index (κ3) is 2.08. The number of aromatic nitrogens is 3. The lowest BCUT2D eigenvalue weighted by Crippen LogP contribution is -2.03. The van der Waals surface area contributed by atoms with Crippen LogP contribution in [0.3, 0.4) is 0 Å². The van der Waals surface area contributed by atoms with Gasteiger partial charge in [-0.15, -0.1) is 0 Å². The van der Waals surface area contributed by atoms with Crippen LogP contribution in [0.25, 0.3) is 22.2 Å². The summed E-state index contributed by atoms with van der Waals surface area (Å²) in [5, 5.41) is 1.90. The standard InChI is InChI=1S/C16H16ClN3/c1-10(2)20-15-5-4-13(17)6-12(15)7-16(20)14-8-18-9-19-11(14)3/h4-10H,1-3H3. The molecule has 0 saturated heterocycles. The van der Waals surface area contributed by atoms with Crippen LogP contribution in [-0.2, 0) is 0 Å². The Morgan fingerprint density at radius 2 is 2.00 bits per heavy atom. The summed E-state index contributed by atoms with van der Waals surface area (Å²) in [7, 11) is 0. The maximum Gasteiger partial charge on any atom is 0.115 e. The van der Waals surface area contributed by atoms with Gasteiger partial charge in [0.05, 0.1) is 5.69 Å². The maximum absolute atomic E-state index is 6.10. The molecule has 0 aliphatic carbocycles. The summed E-state index contributed by atoms with van der Waals surface area (Å²) in [6.07, 6.45) is 3.45. The van der Waals surface area contributed by atoms with E-state index in [0.717, 1.165) is 27.4 Å². The lowest BCUT2D eigenvalue weighted by molar-refractivity contribution is 0.628. The molecule has 4 heteroatoms. The summed E-state index contributed by atoms with van der Waals surface area (Å²) >= 11 is 6.10. The molecule has 0 spiro atoms. The van der Waals surface area contributed by atoms with Crippen LogP contribution in [0.5, 0.6) is 0 Å². The zero-order valence-electron chi connectivity index (χ0n) is 11.8. The van der Waals surface area contributed by atoms with Crippen molar-refractivity contribution in [2.75, 3.05) is 0 Å². The molecule has 3 rings (SSSR count). The number of hydrogen-bond donors (Lipinski definition) is 0. The van der Waals surface area contributed by atoms with Crippen LogP contribution in [-0.4, -0.2) is 14.5 Å². The van der Waals surface area contributed by atoms with E-state index in [9.17, 15) is 0 Å². The van der Waals surface area contributed by atoms with E-state index in [4.69, 9.17) is 11.6 Å². The fourth-order valence-corrected chi connectivity index (χ4v) is 2.79. The highest BCUT2D eigenvalue weighted by Gasteiger charge is 2.15. The minimum atomic E-state index is 0.350. The summed E-state index contributed by atoms with van der Waals surface area (Å²) in [4.78, 5) is 8.45. The van der Waals surface area contributed by atoms with E-state index >= 15 is 0 Å². The molecule has 102 valence electrons. The number of nitrogens with zero attached hydrogens (tertiary/aromatic N) is 3. The Hall–Kier alpha value is -1.87. The van der Waals surface area contributed by atoms with Gasteiger partial charge in [0.2, 0.25) is 0 Å². The topological polar surface area (TPSA) is 30.7 Å². The van der Waals surface area contributed by atoms with Gasteiger partial charge in [0.25, 0.3) is 0 Å². The Morgan fingerprint density at radius 3 is 2.70 bits per heavy atom. The van der Waals surface area contributed by atoms with Crippen molar-refractivity contribution < 1.29 is 0 Å².